The molecule has 0 N–H and O–H groups in total. The molecule has 38 heavy (non-hydrogen) atoms. The molecular weight excluding hydrogens is 575 g/mol. The highest BCUT2D eigenvalue weighted by Gasteiger charge is 2.86. The van der Waals surface area contributed by atoms with Crippen LogP contribution in [0.2, 0.25) is 0 Å². The van der Waals surface area contributed by atoms with Crippen LogP contribution in [0, 0.1) is 0 Å². The van der Waals surface area contributed by atoms with E-state index in [4.69, 9.17) is 8.37 Å². The van der Waals surface area contributed by atoms with Gasteiger partial charge in [0.25, 0.3) is 0 Å². The number of alkyl halides is 9. The zero-order chi connectivity index (χ0) is 28.6. The quantitative estimate of drug-likeness (QED) is 0.240. The van der Waals surface area contributed by atoms with E-state index in [0.29, 0.717) is 0 Å². The fourth-order valence-corrected chi connectivity index (χ4v) is 8.43. The molecule has 0 spiro atoms. The van der Waals surface area contributed by atoms with Crippen LogP contribution in [0.5, 0.6) is 5.75 Å². The summed E-state index contributed by atoms with van der Waals surface area (Å²) >= 11 is 0. The van der Waals surface area contributed by atoms with E-state index >= 15 is 0 Å². The van der Waals surface area contributed by atoms with Gasteiger partial charge < -0.3 is 4.74 Å². The zero-order valence-corrected chi connectivity index (χ0v) is 20.6. The van der Waals surface area contributed by atoms with E-state index in [1.54, 1.807) is 0 Å². The third kappa shape index (κ3) is 4.71. The molecule has 0 unspecified atom stereocenters. The molecule has 0 heterocycles. The first kappa shape index (κ1) is 29.6. The predicted octanol–water partition coefficient (Wildman–Crippen LogP) is 7.66. The first-order valence-electron chi connectivity index (χ1n) is 10.2. The summed E-state index contributed by atoms with van der Waals surface area (Å²) in [5.41, 5.74) is 0. The van der Waals surface area contributed by atoms with Gasteiger partial charge in [-0.05, 0) is 58.8 Å². The molecule has 0 aromatic heterocycles. The number of ether oxygens (including phenoxy) is 1. The summed E-state index contributed by atoms with van der Waals surface area (Å²) in [4.78, 5) is -0.566. The molecule has 208 valence electrons. The molecule has 0 aliphatic carbocycles. The van der Waals surface area contributed by atoms with Gasteiger partial charge in [-0.2, -0.15) is 47.9 Å². The zero-order valence-electron chi connectivity index (χ0n) is 18.9. The molecule has 0 aliphatic heterocycles. The molecule has 3 aromatic carbocycles. The predicted molar refractivity (Wildman–Crippen MR) is 119 cm³/mol. The summed E-state index contributed by atoms with van der Waals surface area (Å²) in [6, 6.07) is 17.8. The van der Waals surface area contributed by atoms with Gasteiger partial charge in [0.05, 0.1) is 7.11 Å². The lowest BCUT2D eigenvalue weighted by Crippen LogP contribution is -2.63. The van der Waals surface area contributed by atoms with Gasteiger partial charge in [-0.3, -0.25) is 0 Å². The molecule has 0 atom stereocenters. The summed E-state index contributed by atoms with van der Waals surface area (Å²) in [6.07, 6.45) is -7.21. The molecule has 15 heteroatoms. The second-order valence-electron chi connectivity index (χ2n) is 7.54. The molecule has 3 rings (SSSR count). The third-order valence-electron chi connectivity index (χ3n) is 5.16. The van der Waals surface area contributed by atoms with Crippen LogP contribution >= 0.6 is 10.3 Å². The van der Waals surface area contributed by atoms with Crippen molar-refractivity contribution in [2.45, 2.75) is 38.0 Å². The Bertz CT molecular complexity index is 1310. The Morgan fingerprint density at radius 3 is 1.34 bits per heavy atom. The highest BCUT2D eigenvalue weighted by molar-refractivity contribution is 8.33. The number of benzene rings is 3. The monoisotopic (exact) mass is 592 g/mol. The molecule has 0 saturated carbocycles. The van der Waals surface area contributed by atoms with Gasteiger partial charge in [-0.15, -0.1) is 0 Å². The second kappa shape index (κ2) is 10.0. The SMILES string of the molecule is COc1ccc(S(OS(=O)(=O)C(F)(F)C(F)(F)C(F)(F)C(F)(F)F)(c2ccccc2)c2ccccc2)cc1. The van der Waals surface area contributed by atoms with Crippen molar-refractivity contribution in [3.05, 3.63) is 84.9 Å². The van der Waals surface area contributed by atoms with Crippen LogP contribution in [0.4, 0.5) is 39.5 Å². The van der Waals surface area contributed by atoms with Crippen LogP contribution in [0.15, 0.2) is 99.6 Å². The maximum Gasteiger partial charge on any atom is 0.460 e. The van der Waals surface area contributed by atoms with E-state index in [1.165, 1.54) is 79.9 Å². The molecule has 4 nitrogen and oxygen atoms in total. The summed E-state index contributed by atoms with van der Waals surface area (Å²) in [5, 5.41) is -7.03. The molecule has 3 aromatic rings. The van der Waals surface area contributed by atoms with Gasteiger partial charge in [0.2, 0.25) is 0 Å². The van der Waals surface area contributed by atoms with Crippen LogP contribution in [-0.4, -0.2) is 38.8 Å². The Hall–Kier alpha value is -2.91. The van der Waals surface area contributed by atoms with Crippen LogP contribution in [0.3, 0.4) is 0 Å². The Balaban J connectivity index is 2.35. The van der Waals surface area contributed by atoms with Gasteiger partial charge in [0.1, 0.15) is 5.75 Å². The van der Waals surface area contributed by atoms with Crippen LogP contribution in [0.25, 0.3) is 0 Å². The van der Waals surface area contributed by atoms with E-state index in [9.17, 15) is 47.9 Å². The van der Waals surface area contributed by atoms with Crippen molar-refractivity contribution in [2.75, 3.05) is 7.11 Å². The largest absolute Gasteiger partial charge is 0.497 e. The lowest BCUT2D eigenvalue weighted by Gasteiger charge is -2.41. The Morgan fingerprint density at radius 1 is 0.579 bits per heavy atom. The smallest absolute Gasteiger partial charge is 0.460 e. The van der Waals surface area contributed by atoms with E-state index in [1.807, 2.05) is 0 Å². The maximum atomic E-state index is 14.8. The molecule has 0 aliphatic rings. The summed E-state index contributed by atoms with van der Waals surface area (Å²) in [7, 11) is -9.99. The normalized spacial score (nSPS) is 14.3. The summed E-state index contributed by atoms with van der Waals surface area (Å²) in [5.74, 6) is -14.7. The number of methoxy groups -OCH3 is 1. The minimum absolute atomic E-state index is 0.179. The lowest BCUT2D eigenvalue weighted by molar-refractivity contribution is -0.382. The topological polar surface area (TPSA) is 52.6 Å². The van der Waals surface area contributed by atoms with Crippen molar-refractivity contribution < 1.29 is 56.3 Å². The fraction of sp³-hybridized carbons (Fsp3) is 0.217. The van der Waals surface area contributed by atoms with E-state index in [0.717, 1.165) is 12.1 Å². The minimum Gasteiger partial charge on any atom is -0.497 e. The first-order valence-corrected chi connectivity index (χ1v) is 13.2. The Morgan fingerprint density at radius 2 is 0.974 bits per heavy atom. The van der Waals surface area contributed by atoms with Gasteiger partial charge in [0, 0.05) is 14.7 Å². The average Bonchev–Trinajstić information content (AvgIpc) is 2.87. The van der Waals surface area contributed by atoms with Crippen molar-refractivity contribution >= 4 is 20.4 Å². The molecule has 0 bridgehead atoms. The van der Waals surface area contributed by atoms with E-state index in [-0.39, 0.29) is 20.4 Å². The Kier molecular flexibility index (Phi) is 7.80. The minimum atomic E-state index is -7.45. The number of rotatable bonds is 9. The van der Waals surface area contributed by atoms with Gasteiger partial charge in [-0.25, -0.2) is 3.63 Å². The van der Waals surface area contributed by atoms with Crippen molar-refractivity contribution in [3.63, 3.8) is 0 Å². The summed E-state index contributed by atoms with van der Waals surface area (Å²) < 4.78 is 158. The van der Waals surface area contributed by atoms with Crippen LogP contribution in [0.1, 0.15) is 0 Å². The van der Waals surface area contributed by atoms with E-state index < -0.39 is 43.7 Å². The first-order chi connectivity index (χ1) is 17.5. The molecule has 0 amide bonds. The highest BCUT2D eigenvalue weighted by atomic mass is 32.3. The third-order valence-corrected chi connectivity index (χ3v) is 10.4. The van der Waals surface area contributed by atoms with Crippen LogP contribution in [-0.2, 0) is 13.7 Å². The molecular formula is C23H17F9O4S2. The average molecular weight is 593 g/mol. The Labute approximate surface area is 212 Å². The molecule has 0 fully saturated rings. The van der Waals surface area contributed by atoms with Crippen molar-refractivity contribution in [2.24, 2.45) is 0 Å². The van der Waals surface area contributed by atoms with Crippen molar-refractivity contribution in [1.29, 1.82) is 0 Å². The van der Waals surface area contributed by atoms with Crippen LogP contribution < -0.4 is 4.74 Å². The highest BCUT2D eigenvalue weighted by Crippen LogP contribution is 2.71. The van der Waals surface area contributed by atoms with E-state index in [2.05, 4.69) is 0 Å². The van der Waals surface area contributed by atoms with Gasteiger partial charge >= 0.3 is 33.4 Å². The standard InChI is InChI=1S/C23H17F9O4S2/c1-35-16-12-14-19(15-13-16)37(17-8-4-2-5-9-17,18-10-6-3-7-11-18)36-38(33,34)23(31,32)21(26,27)20(24,25)22(28,29)30/h2-15H,1H3. The number of hydrogen-bond donors (Lipinski definition) is 0. The second-order valence-corrected chi connectivity index (χ2v) is 12.0. The molecule has 0 radical (unpaired) electrons. The summed E-state index contributed by atoms with van der Waals surface area (Å²) in [6.45, 7) is 0. The fourth-order valence-electron chi connectivity index (χ4n) is 3.21. The number of hydrogen-bond acceptors (Lipinski definition) is 4. The van der Waals surface area contributed by atoms with Gasteiger partial charge in [0.15, 0.2) is 0 Å². The number of halogens is 9. The lowest BCUT2D eigenvalue weighted by atomic mass is 10.1. The van der Waals surface area contributed by atoms with Crippen molar-refractivity contribution in [3.8, 4) is 5.75 Å². The molecule has 0 saturated heterocycles. The van der Waals surface area contributed by atoms with Crippen molar-refractivity contribution in [1.82, 2.24) is 0 Å². The maximum absolute atomic E-state index is 14.8. The van der Waals surface area contributed by atoms with Gasteiger partial charge in [-0.1, -0.05) is 36.4 Å².